The van der Waals surface area contributed by atoms with Gasteiger partial charge >= 0.3 is 0 Å². The highest BCUT2D eigenvalue weighted by Crippen LogP contribution is 1.44. The van der Waals surface area contributed by atoms with Crippen LogP contribution in [0.15, 0.2) is 0 Å². The van der Waals surface area contributed by atoms with Crippen LogP contribution in [0, 0.1) is 0 Å². The Morgan fingerprint density at radius 3 is 2.50 bits per heavy atom. The fraction of sp³-hybridized carbons (Fsp3) is 1.00. The summed E-state index contributed by atoms with van der Waals surface area (Å²) in [5.41, 5.74) is 0. The van der Waals surface area contributed by atoms with E-state index in [4.69, 9.17) is 0 Å². The zero-order valence-electron chi connectivity index (χ0n) is 4.41. The van der Waals surface area contributed by atoms with Crippen molar-refractivity contribution >= 4 is 10.4 Å². The predicted octanol–water partition coefficient (Wildman–Crippen LogP) is -1.58. The first-order chi connectivity index (χ1) is 2.91. The molecule has 0 aliphatic rings. The van der Waals surface area contributed by atoms with E-state index in [0.717, 1.165) is 23.6 Å². The lowest BCUT2D eigenvalue weighted by atomic mass is 10.8. The molecular weight excluding hydrogens is 92.1 g/mol. The minimum Gasteiger partial charge on any atom is -0.334 e. The molecule has 0 spiro atoms. The third-order valence-electron chi connectivity index (χ3n) is 0.552. The third-order valence-corrected chi connectivity index (χ3v) is 0.905. The minimum absolute atomic E-state index is 0.975. The lowest BCUT2D eigenvalue weighted by molar-refractivity contribution is 0.707. The summed E-state index contributed by atoms with van der Waals surface area (Å²) in [6.07, 6.45) is 0. The van der Waals surface area contributed by atoms with Crippen molar-refractivity contribution in [2.24, 2.45) is 0 Å². The molecule has 0 heterocycles. The summed E-state index contributed by atoms with van der Waals surface area (Å²) in [6, 6.07) is 0. The molecule has 0 aromatic heterocycles. The molecule has 2 N–H and O–H groups in total. The summed E-state index contributed by atoms with van der Waals surface area (Å²) in [5, 5.41) is 3.12. The Balaban J connectivity index is 2.34. The Hall–Kier alpha value is 0.137. The molecule has 0 amide bonds. The van der Waals surface area contributed by atoms with Gasteiger partial charge in [-0.3, -0.25) is 0 Å². The van der Waals surface area contributed by atoms with Gasteiger partial charge in [-0.2, -0.15) is 0 Å². The van der Waals surface area contributed by atoms with Gasteiger partial charge < -0.3 is 10.3 Å². The summed E-state index contributed by atoms with van der Waals surface area (Å²) in [4.78, 5) is 3.10. The lowest BCUT2D eigenvalue weighted by Crippen LogP contribution is -2.26. The molecule has 0 aliphatic heterocycles. The van der Waals surface area contributed by atoms with E-state index in [9.17, 15) is 0 Å². The smallest absolute Gasteiger partial charge is 0.0764 e. The maximum Gasteiger partial charge on any atom is 0.0764 e. The number of hydrogen-bond donors (Lipinski definition) is 2. The highest BCUT2D eigenvalue weighted by molar-refractivity contribution is 6.04. The second kappa shape index (κ2) is 5.14. The first-order valence-electron chi connectivity index (χ1n) is 2.27. The van der Waals surface area contributed by atoms with Crippen molar-refractivity contribution in [2.75, 3.05) is 13.2 Å². The molecule has 6 heavy (non-hydrogen) atoms. The highest BCUT2D eigenvalue weighted by Gasteiger charge is 1.68. The molecule has 0 fully saturated rings. The van der Waals surface area contributed by atoms with Crippen LogP contribution in [0.4, 0.5) is 0 Å². The average molecular weight is 104 g/mol. The van der Waals surface area contributed by atoms with Crippen LogP contribution in [0.1, 0.15) is 6.92 Å². The fourth-order valence-electron chi connectivity index (χ4n) is 0.250. The molecule has 0 aromatic carbocycles. The first kappa shape index (κ1) is 6.14. The summed E-state index contributed by atoms with van der Waals surface area (Å²) in [7, 11) is 1.09. The lowest BCUT2D eigenvalue weighted by Gasteiger charge is -1.94. The second-order valence-corrected chi connectivity index (χ2v) is 1.84. The van der Waals surface area contributed by atoms with E-state index in [-0.39, 0.29) is 0 Å². The van der Waals surface area contributed by atoms with Crippen LogP contribution in [0.3, 0.4) is 0 Å². The Kier molecular flexibility index (Phi) is 5.25. The number of hydrogen-bond acceptors (Lipinski definition) is 2. The summed E-state index contributed by atoms with van der Waals surface area (Å²) >= 11 is 0. The zero-order chi connectivity index (χ0) is 4.83. The highest BCUT2D eigenvalue weighted by atomic mass is 28.2. The predicted molar refractivity (Wildman–Crippen MR) is 31.6 cm³/mol. The van der Waals surface area contributed by atoms with Crippen molar-refractivity contribution in [3.05, 3.63) is 0 Å². The van der Waals surface area contributed by atoms with Crippen molar-refractivity contribution < 1.29 is 0 Å². The van der Waals surface area contributed by atoms with Crippen molar-refractivity contribution in [2.45, 2.75) is 6.92 Å². The summed E-state index contributed by atoms with van der Waals surface area (Å²) in [5.74, 6) is 0. The van der Waals surface area contributed by atoms with Gasteiger partial charge in [-0.25, -0.2) is 0 Å². The van der Waals surface area contributed by atoms with Crippen LogP contribution in [-0.4, -0.2) is 23.6 Å². The molecule has 0 saturated carbocycles. The van der Waals surface area contributed by atoms with Gasteiger partial charge in [0, 0.05) is 6.67 Å². The molecule has 0 radical (unpaired) electrons. The van der Waals surface area contributed by atoms with Gasteiger partial charge in [0.05, 0.1) is 10.4 Å². The van der Waals surface area contributed by atoms with E-state index < -0.39 is 0 Å². The van der Waals surface area contributed by atoms with Gasteiger partial charge in [0.1, 0.15) is 0 Å². The Labute approximate surface area is 41.8 Å². The van der Waals surface area contributed by atoms with Crippen molar-refractivity contribution in [3.63, 3.8) is 0 Å². The molecule has 0 unspecified atom stereocenters. The van der Waals surface area contributed by atoms with E-state index in [1.165, 1.54) is 0 Å². The topological polar surface area (TPSA) is 24.1 Å². The minimum atomic E-state index is 0.975. The van der Waals surface area contributed by atoms with Crippen LogP contribution >= 0.6 is 0 Å². The van der Waals surface area contributed by atoms with Crippen molar-refractivity contribution in [1.82, 2.24) is 10.3 Å². The molecular formula is C3H12N2Si. The summed E-state index contributed by atoms with van der Waals surface area (Å²) in [6.45, 7) is 4.14. The van der Waals surface area contributed by atoms with Crippen molar-refractivity contribution in [3.8, 4) is 0 Å². The molecule has 2 nitrogen and oxygen atoms in total. The Morgan fingerprint density at radius 1 is 1.67 bits per heavy atom. The normalized spacial score (nSPS) is 9.50. The zero-order valence-corrected chi connectivity index (χ0v) is 6.41. The molecule has 0 rings (SSSR count). The molecule has 0 aliphatic carbocycles. The van der Waals surface area contributed by atoms with Crippen LogP contribution in [0.25, 0.3) is 0 Å². The monoisotopic (exact) mass is 104 g/mol. The second-order valence-electron chi connectivity index (χ2n) is 1.13. The van der Waals surface area contributed by atoms with E-state index >= 15 is 0 Å². The van der Waals surface area contributed by atoms with Crippen LogP contribution < -0.4 is 10.3 Å². The van der Waals surface area contributed by atoms with Gasteiger partial charge in [-0.1, -0.05) is 6.92 Å². The number of nitrogens with one attached hydrogen (secondary N) is 2. The maximum absolute atomic E-state index is 3.12. The fourth-order valence-corrected chi connectivity index (χ4v) is 0.500. The van der Waals surface area contributed by atoms with Gasteiger partial charge in [0.25, 0.3) is 0 Å². The molecule has 0 bridgehead atoms. The molecule has 38 valence electrons. The molecule has 0 atom stereocenters. The van der Waals surface area contributed by atoms with E-state index in [1.807, 2.05) is 0 Å². The van der Waals surface area contributed by atoms with Crippen molar-refractivity contribution in [1.29, 1.82) is 0 Å². The van der Waals surface area contributed by atoms with E-state index in [1.54, 1.807) is 0 Å². The first-order valence-corrected chi connectivity index (χ1v) is 3.27. The maximum atomic E-state index is 3.12. The van der Waals surface area contributed by atoms with Gasteiger partial charge in [0.15, 0.2) is 0 Å². The van der Waals surface area contributed by atoms with E-state index in [0.29, 0.717) is 0 Å². The molecule has 0 aromatic rings. The van der Waals surface area contributed by atoms with Crippen LogP contribution in [0.5, 0.6) is 0 Å². The quantitative estimate of drug-likeness (QED) is 0.257. The Bertz CT molecular complexity index is 20.8. The third kappa shape index (κ3) is 4.14. The van der Waals surface area contributed by atoms with Gasteiger partial charge in [-0.05, 0) is 6.54 Å². The Morgan fingerprint density at radius 2 is 2.33 bits per heavy atom. The average Bonchev–Trinajstić information content (AvgIpc) is 1.61. The molecule has 0 saturated heterocycles. The van der Waals surface area contributed by atoms with Gasteiger partial charge in [0.2, 0.25) is 0 Å². The summed E-state index contributed by atoms with van der Waals surface area (Å²) < 4.78 is 0. The largest absolute Gasteiger partial charge is 0.334 e. The van der Waals surface area contributed by atoms with Crippen LogP contribution in [0.2, 0.25) is 0 Å². The van der Waals surface area contributed by atoms with Gasteiger partial charge in [-0.15, -0.1) is 0 Å². The number of rotatable bonds is 3. The standard InChI is InChI=1S/C3H12N2Si/c1-2-4-3-5-6/h4-5H,2-3H2,1,6H3. The SMILES string of the molecule is CCNCN[SiH3]. The van der Waals surface area contributed by atoms with Crippen LogP contribution in [-0.2, 0) is 0 Å². The molecule has 3 heteroatoms. The van der Waals surface area contributed by atoms with E-state index in [2.05, 4.69) is 17.2 Å².